The summed E-state index contributed by atoms with van der Waals surface area (Å²) in [6.07, 6.45) is 0. The van der Waals surface area contributed by atoms with E-state index in [1.807, 2.05) is 13.8 Å². The summed E-state index contributed by atoms with van der Waals surface area (Å²) >= 11 is 7.17. The Bertz CT molecular complexity index is 367. The number of ketones is 1. The molecule has 5 heteroatoms. The van der Waals surface area contributed by atoms with Gasteiger partial charge >= 0.3 is 0 Å². The van der Waals surface area contributed by atoms with Crippen molar-refractivity contribution in [3.05, 3.63) is 21.3 Å². The van der Waals surface area contributed by atoms with E-state index >= 15 is 0 Å². The third-order valence-corrected chi connectivity index (χ3v) is 3.98. The molecule has 1 aromatic heterocycles. The van der Waals surface area contributed by atoms with Gasteiger partial charge in [0.2, 0.25) is 0 Å². The molecule has 0 aliphatic rings. The summed E-state index contributed by atoms with van der Waals surface area (Å²) in [4.78, 5) is 15.0. The molecular weight excluding hydrogens is 258 g/mol. The molecular formula is C12H18ClNO2S. The molecule has 0 aliphatic heterocycles. The van der Waals surface area contributed by atoms with E-state index in [2.05, 4.69) is 4.90 Å². The van der Waals surface area contributed by atoms with Crippen molar-refractivity contribution < 1.29 is 9.53 Å². The van der Waals surface area contributed by atoms with E-state index in [4.69, 9.17) is 16.3 Å². The summed E-state index contributed by atoms with van der Waals surface area (Å²) in [6, 6.07) is 3.41. The summed E-state index contributed by atoms with van der Waals surface area (Å²) in [5.74, 6) is 0.125. The third kappa shape index (κ3) is 4.07. The first-order valence-electron chi connectivity index (χ1n) is 5.62. The maximum Gasteiger partial charge on any atom is 0.189 e. The van der Waals surface area contributed by atoms with Gasteiger partial charge < -0.3 is 4.74 Å². The van der Waals surface area contributed by atoms with Crippen molar-refractivity contribution in [1.82, 2.24) is 4.90 Å². The summed E-state index contributed by atoms with van der Waals surface area (Å²) < 4.78 is 5.70. The fourth-order valence-electron chi connectivity index (χ4n) is 1.65. The van der Waals surface area contributed by atoms with E-state index in [9.17, 15) is 4.79 Å². The Morgan fingerprint density at radius 3 is 2.76 bits per heavy atom. The lowest BCUT2D eigenvalue weighted by Gasteiger charge is -2.25. The van der Waals surface area contributed by atoms with E-state index in [1.54, 1.807) is 19.2 Å². The first-order valence-corrected chi connectivity index (χ1v) is 6.82. The molecule has 0 aliphatic carbocycles. The van der Waals surface area contributed by atoms with Crippen molar-refractivity contribution in [3.63, 3.8) is 0 Å². The Kier molecular flexibility index (Phi) is 6.12. The minimum absolute atomic E-state index is 0.125. The molecule has 3 nitrogen and oxygen atoms in total. The first-order chi connectivity index (χ1) is 8.10. The number of Topliss-reactive ketones (excluding diaryl/α,β-unsaturated/α-hetero) is 1. The zero-order chi connectivity index (χ0) is 12.8. The fourth-order valence-corrected chi connectivity index (χ4v) is 2.72. The van der Waals surface area contributed by atoms with E-state index in [0.717, 1.165) is 18.0 Å². The Morgan fingerprint density at radius 1 is 1.59 bits per heavy atom. The van der Waals surface area contributed by atoms with Gasteiger partial charge in [0.25, 0.3) is 0 Å². The van der Waals surface area contributed by atoms with Gasteiger partial charge in [-0.2, -0.15) is 0 Å². The van der Waals surface area contributed by atoms with Crippen molar-refractivity contribution in [1.29, 1.82) is 0 Å². The van der Waals surface area contributed by atoms with Crippen LogP contribution in [-0.4, -0.2) is 43.5 Å². The molecule has 1 heterocycles. The number of nitrogens with zero attached hydrogens (tertiary/aromatic N) is 1. The van der Waals surface area contributed by atoms with Crippen LogP contribution in [0, 0.1) is 0 Å². The molecule has 0 saturated heterocycles. The second-order valence-corrected chi connectivity index (χ2v) is 5.48. The highest BCUT2D eigenvalue weighted by molar-refractivity contribution is 7.18. The minimum atomic E-state index is -0.134. The van der Waals surface area contributed by atoms with Crippen LogP contribution in [0.15, 0.2) is 12.1 Å². The molecule has 0 bridgehead atoms. The van der Waals surface area contributed by atoms with Gasteiger partial charge in [-0.3, -0.25) is 9.69 Å². The Balaban J connectivity index is 2.66. The maximum atomic E-state index is 12.2. The zero-order valence-corrected chi connectivity index (χ0v) is 12.0. The third-order valence-electron chi connectivity index (χ3n) is 2.73. The highest BCUT2D eigenvalue weighted by Gasteiger charge is 2.22. The van der Waals surface area contributed by atoms with Crippen LogP contribution in [0.5, 0.6) is 0 Å². The summed E-state index contributed by atoms with van der Waals surface area (Å²) in [5, 5.41) is 0. The minimum Gasteiger partial charge on any atom is -0.383 e. The molecule has 0 spiro atoms. The quantitative estimate of drug-likeness (QED) is 0.717. The van der Waals surface area contributed by atoms with Crippen molar-refractivity contribution in [2.75, 3.05) is 26.8 Å². The van der Waals surface area contributed by atoms with Crippen molar-refractivity contribution in [2.24, 2.45) is 0 Å². The number of thiophene rings is 1. The normalized spacial score (nSPS) is 13.0. The van der Waals surface area contributed by atoms with Crippen LogP contribution in [0.3, 0.4) is 0 Å². The molecule has 1 aromatic rings. The molecule has 0 amide bonds. The average Bonchev–Trinajstić information content (AvgIpc) is 2.75. The van der Waals surface area contributed by atoms with Gasteiger partial charge in [-0.1, -0.05) is 18.5 Å². The van der Waals surface area contributed by atoms with Crippen LogP contribution in [0.4, 0.5) is 0 Å². The van der Waals surface area contributed by atoms with Gasteiger partial charge in [0.15, 0.2) is 5.78 Å². The van der Waals surface area contributed by atoms with E-state index in [1.165, 1.54) is 11.3 Å². The SMILES string of the molecule is CCN(CCOC)C(C)C(=O)c1ccc(Cl)s1. The number of methoxy groups -OCH3 is 1. The van der Waals surface area contributed by atoms with Gasteiger partial charge in [-0.05, 0) is 25.6 Å². The first kappa shape index (κ1) is 14.6. The number of ether oxygens (including phenoxy) is 1. The monoisotopic (exact) mass is 275 g/mol. The van der Waals surface area contributed by atoms with Gasteiger partial charge in [0, 0.05) is 13.7 Å². The van der Waals surface area contributed by atoms with Gasteiger partial charge in [-0.25, -0.2) is 0 Å². The number of hydrogen-bond donors (Lipinski definition) is 0. The lowest BCUT2D eigenvalue weighted by atomic mass is 10.1. The standard InChI is InChI=1S/C12H18ClNO2S/c1-4-14(7-8-16-3)9(2)12(15)10-5-6-11(13)17-10/h5-6,9H,4,7-8H2,1-3H3. The highest BCUT2D eigenvalue weighted by Crippen LogP contribution is 2.23. The zero-order valence-electron chi connectivity index (χ0n) is 10.4. The van der Waals surface area contributed by atoms with Gasteiger partial charge in [0.05, 0.1) is 21.9 Å². The second-order valence-electron chi connectivity index (χ2n) is 3.77. The average molecular weight is 276 g/mol. The largest absolute Gasteiger partial charge is 0.383 e. The maximum absolute atomic E-state index is 12.2. The Hall–Kier alpha value is -0.420. The van der Waals surface area contributed by atoms with E-state index < -0.39 is 0 Å². The molecule has 17 heavy (non-hydrogen) atoms. The highest BCUT2D eigenvalue weighted by atomic mass is 35.5. The topological polar surface area (TPSA) is 29.5 Å². The molecule has 0 saturated carbocycles. The van der Waals surface area contributed by atoms with Crippen LogP contribution in [-0.2, 0) is 4.74 Å². The smallest absolute Gasteiger partial charge is 0.189 e. The molecule has 1 atom stereocenters. The predicted molar refractivity (Wildman–Crippen MR) is 72.2 cm³/mol. The number of carbonyl (C=O) groups is 1. The van der Waals surface area contributed by atoms with E-state index in [0.29, 0.717) is 10.9 Å². The second kappa shape index (κ2) is 7.11. The molecule has 0 radical (unpaired) electrons. The van der Waals surface area contributed by atoms with E-state index in [-0.39, 0.29) is 11.8 Å². The van der Waals surface area contributed by atoms with Gasteiger partial charge in [0.1, 0.15) is 0 Å². The number of halogens is 1. The Labute approximate surface area is 111 Å². The number of rotatable bonds is 7. The van der Waals surface area contributed by atoms with Crippen LogP contribution >= 0.6 is 22.9 Å². The molecule has 1 unspecified atom stereocenters. The molecule has 0 fully saturated rings. The van der Waals surface area contributed by atoms with Crippen molar-refractivity contribution in [3.8, 4) is 0 Å². The van der Waals surface area contributed by atoms with Crippen LogP contribution in [0.2, 0.25) is 4.34 Å². The van der Waals surface area contributed by atoms with Gasteiger partial charge in [-0.15, -0.1) is 11.3 Å². The number of carbonyl (C=O) groups excluding carboxylic acids is 1. The van der Waals surface area contributed by atoms with Crippen molar-refractivity contribution >= 4 is 28.7 Å². The summed E-state index contributed by atoms with van der Waals surface area (Å²) in [7, 11) is 1.67. The lowest BCUT2D eigenvalue weighted by Crippen LogP contribution is -2.40. The Morgan fingerprint density at radius 2 is 2.29 bits per heavy atom. The summed E-state index contributed by atoms with van der Waals surface area (Å²) in [6.45, 7) is 6.20. The number of likely N-dealkylation sites (N-methyl/N-ethyl adjacent to an activating group) is 1. The predicted octanol–water partition coefficient (Wildman–Crippen LogP) is 2.94. The van der Waals surface area contributed by atoms with Crippen LogP contribution < -0.4 is 0 Å². The number of hydrogen-bond acceptors (Lipinski definition) is 4. The molecule has 96 valence electrons. The van der Waals surface area contributed by atoms with Crippen LogP contribution in [0.25, 0.3) is 0 Å². The van der Waals surface area contributed by atoms with Crippen molar-refractivity contribution in [2.45, 2.75) is 19.9 Å². The molecule has 0 aromatic carbocycles. The van der Waals surface area contributed by atoms with Crippen LogP contribution in [0.1, 0.15) is 23.5 Å². The fraction of sp³-hybridized carbons (Fsp3) is 0.583. The summed E-state index contributed by atoms with van der Waals surface area (Å²) in [5.41, 5.74) is 0. The molecule has 1 rings (SSSR count). The molecule has 0 N–H and O–H groups in total. The lowest BCUT2D eigenvalue weighted by molar-refractivity contribution is 0.0792.